The van der Waals surface area contributed by atoms with Gasteiger partial charge in [-0.1, -0.05) is 0 Å². The summed E-state index contributed by atoms with van der Waals surface area (Å²) < 4.78 is 57.6. The SMILES string of the molecule is Cc1cc(NC(=O)Nc2cc(F)cc(C(F)(F)F)c2)cc(Oc2cc(C)ncn2)c1. The number of carbonyl (C=O) groups is 1. The zero-order valence-electron chi connectivity index (χ0n) is 15.8. The van der Waals surface area contributed by atoms with E-state index < -0.39 is 23.6 Å². The van der Waals surface area contributed by atoms with Crippen LogP contribution in [-0.2, 0) is 6.18 Å². The number of halogens is 4. The van der Waals surface area contributed by atoms with Crippen molar-refractivity contribution in [1.29, 1.82) is 0 Å². The van der Waals surface area contributed by atoms with Crippen molar-refractivity contribution >= 4 is 17.4 Å². The van der Waals surface area contributed by atoms with Crippen LogP contribution in [-0.4, -0.2) is 16.0 Å². The molecule has 0 aliphatic rings. The van der Waals surface area contributed by atoms with E-state index in [0.29, 0.717) is 35.1 Å². The molecule has 0 bridgehead atoms. The second kappa shape index (κ2) is 8.36. The van der Waals surface area contributed by atoms with E-state index >= 15 is 0 Å². The van der Waals surface area contributed by atoms with Gasteiger partial charge >= 0.3 is 12.2 Å². The number of aromatic nitrogens is 2. The number of ether oxygens (including phenoxy) is 1. The molecule has 0 radical (unpaired) electrons. The van der Waals surface area contributed by atoms with E-state index in [1.54, 1.807) is 32.0 Å². The van der Waals surface area contributed by atoms with Crippen LogP contribution in [0.3, 0.4) is 0 Å². The topological polar surface area (TPSA) is 76.1 Å². The van der Waals surface area contributed by atoms with E-state index in [9.17, 15) is 22.4 Å². The number of alkyl halides is 3. The summed E-state index contributed by atoms with van der Waals surface area (Å²) in [6.45, 7) is 3.54. The van der Waals surface area contributed by atoms with Crippen molar-refractivity contribution in [3.05, 3.63) is 71.4 Å². The highest BCUT2D eigenvalue weighted by Crippen LogP contribution is 2.32. The summed E-state index contributed by atoms with van der Waals surface area (Å²) in [6.07, 6.45) is -3.39. The molecule has 30 heavy (non-hydrogen) atoms. The molecular formula is C20H16F4N4O2. The zero-order valence-corrected chi connectivity index (χ0v) is 15.8. The number of hydrogen-bond acceptors (Lipinski definition) is 4. The molecule has 0 spiro atoms. The van der Waals surface area contributed by atoms with Gasteiger partial charge in [0.1, 0.15) is 17.9 Å². The second-order valence-corrected chi connectivity index (χ2v) is 6.44. The number of aryl methyl sites for hydroxylation is 2. The number of hydrogen-bond donors (Lipinski definition) is 2. The monoisotopic (exact) mass is 420 g/mol. The van der Waals surface area contributed by atoms with Gasteiger partial charge in [0.15, 0.2) is 0 Å². The number of benzene rings is 2. The Labute approximate surface area is 168 Å². The first-order chi connectivity index (χ1) is 14.1. The van der Waals surface area contributed by atoms with Gasteiger partial charge in [-0.3, -0.25) is 0 Å². The Balaban J connectivity index is 1.74. The summed E-state index contributed by atoms with van der Waals surface area (Å²) in [4.78, 5) is 20.1. The fraction of sp³-hybridized carbons (Fsp3) is 0.150. The van der Waals surface area contributed by atoms with E-state index in [-0.39, 0.29) is 5.69 Å². The van der Waals surface area contributed by atoms with Crippen molar-refractivity contribution in [1.82, 2.24) is 9.97 Å². The lowest BCUT2D eigenvalue weighted by Gasteiger charge is -2.13. The molecule has 6 nitrogen and oxygen atoms in total. The van der Waals surface area contributed by atoms with E-state index in [4.69, 9.17) is 4.74 Å². The lowest BCUT2D eigenvalue weighted by Crippen LogP contribution is -2.20. The number of amides is 2. The highest BCUT2D eigenvalue weighted by atomic mass is 19.4. The van der Waals surface area contributed by atoms with Crippen LogP contribution >= 0.6 is 0 Å². The van der Waals surface area contributed by atoms with Crippen LogP contribution in [0.1, 0.15) is 16.8 Å². The van der Waals surface area contributed by atoms with Gasteiger partial charge in [0.05, 0.1) is 5.56 Å². The largest absolute Gasteiger partial charge is 0.439 e. The lowest BCUT2D eigenvalue weighted by atomic mass is 10.2. The van der Waals surface area contributed by atoms with Gasteiger partial charge in [0.2, 0.25) is 5.88 Å². The number of urea groups is 1. The molecule has 0 atom stereocenters. The summed E-state index contributed by atoms with van der Waals surface area (Å²) in [5.41, 5.74) is 0.239. The van der Waals surface area contributed by atoms with Gasteiger partial charge in [0, 0.05) is 29.2 Å². The van der Waals surface area contributed by atoms with Gasteiger partial charge in [-0.25, -0.2) is 19.2 Å². The fourth-order valence-corrected chi connectivity index (χ4v) is 2.60. The van der Waals surface area contributed by atoms with E-state index in [1.807, 2.05) is 0 Å². The van der Waals surface area contributed by atoms with E-state index in [0.717, 1.165) is 11.6 Å². The van der Waals surface area contributed by atoms with Crippen molar-refractivity contribution in [2.45, 2.75) is 20.0 Å². The molecule has 0 unspecified atom stereocenters. The lowest BCUT2D eigenvalue weighted by molar-refractivity contribution is -0.137. The molecule has 1 aromatic heterocycles. The number of carbonyl (C=O) groups excluding carboxylic acids is 1. The van der Waals surface area contributed by atoms with Crippen LogP contribution in [0.4, 0.5) is 33.7 Å². The van der Waals surface area contributed by atoms with Crippen molar-refractivity contribution in [3.63, 3.8) is 0 Å². The molecule has 0 saturated heterocycles. The minimum absolute atomic E-state index is 0.308. The average molecular weight is 420 g/mol. The molecule has 0 fully saturated rings. The summed E-state index contributed by atoms with van der Waals surface area (Å²) in [5, 5.41) is 4.67. The standard InChI is InChI=1S/C20H16F4N4O2/c1-11-3-15(9-17(4-11)30-18-5-12(2)25-10-26-18)27-19(29)28-16-7-13(20(22,23)24)6-14(21)8-16/h3-10H,1-2H3,(H2,27,28,29). The van der Waals surface area contributed by atoms with Gasteiger partial charge in [-0.2, -0.15) is 13.2 Å². The highest BCUT2D eigenvalue weighted by Gasteiger charge is 2.31. The van der Waals surface area contributed by atoms with Crippen molar-refractivity contribution in [2.24, 2.45) is 0 Å². The van der Waals surface area contributed by atoms with Crippen molar-refractivity contribution in [3.8, 4) is 11.6 Å². The number of anilines is 2. The molecule has 0 saturated carbocycles. The second-order valence-electron chi connectivity index (χ2n) is 6.44. The number of rotatable bonds is 4. The molecule has 3 aromatic rings. The molecule has 2 amide bonds. The first-order valence-corrected chi connectivity index (χ1v) is 8.62. The predicted octanol–water partition coefficient (Wildman–Crippen LogP) is 5.69. The third kappa shape index (κ3) is 5.66. The summed E-state index contributed by atoms with van der Waals surface area (Å²) in [6, 6.07) is 7.42. The van der Waals surface area contributed by atoms with Crippen molar-refractivity contribution < 1.29 is 27.1 Å². The van der Waals surface area contributed by atoms with Crippen LogP contribution in [0.2, 0.25) is 0 Å². The molecule has 1 heterocycles. The van der Waals surface area contributed by atoms with E-state index in [2.05, 4.69) is 20.6 Å². The molecule has 10 heteroatoms. The Kier molecular flexibility index (Phi) is 5.86. The third-order valence-corrected chi connectivity index (χ3v) is 3.79. The first kappa shape index (κ1) is 21.0. The molecule has 156 valence electrons. The Bertz CT molecular complexity index is 1090. The van der Waals surface area contributed by atoms with Gasteiger partial charge in [0.25, 0.3) is 0 Å². The molecule has 0 aliphatic carbocycles. The summed E-state index contributed by atoms with van der Waals surface area (Å²) in [7, 11) is 0. The van der Waals surface area contributed by atoms with Gasteiger partial charge in [-0.05, 0) is 49.7 Å². The minimum atomic E-state index is -4.74. The summed E-state index contributed by atoms with van der Waals surface area (Å²) >= 11 is 0. The Morgan fingerprint density at radius 3 is 2.30 bits per heavy atom. The maximum Gasteiger partial charge on any atom is 0.416 e. The Hall–Kier alpha value is -3.69. The Morgan fingerprint density at radius 1 is 0.933 bits per heavy atom. The van der Waals surface area contributed by atoms with Crippen LogP contribution in [0, 0.1) is 19.7 Å². The smallest absolute Gasteiger partial charge is 0.416 e. The average Bonchev–Trinajstić information content (AvgIpc) is 2.59. The molecular weight excluding hydrogens is 404 g/mol. The molecule has 2 N–H and O–H groups in total. The minimum Gasteiger partial charge on any atom is -0.439 e. The van der Waals surface area contributed by atoms with Crippen molar-refractivity contribution in [2.75, 3.05) is 10.6 Å². The van der Waals surface area contributed by atoms with Crippen LogP contribution in [0.5, 0.6) is 11.6 Å². The first-order valence-electron chi connectivity index (χ1n) is 8.62. The number of nitrogens with zero attached hydrogens (tertiary/aromatic N) is 2. The molecule has 2 aromatic carbocycles. The molecule has 0 aliphatic heterocycles. The van der Waals surface area contributed by atoms with Gasteiger partial charge in [-0.15, -0.1) is 0 Å². The highest BCUT2D eigenvalue weighted by molar-refractivity contribution is 6.00. The molecule has 3 rings (SSSR count). The fourth-order valence-electron chi connectivity index (χ4n) is 2.60. The van der Waals surface area contributed by atoms with E-state index in [1.165, 1.54) is 12.4 Å². The van der Waals surface area contributed by atoms with Gasteiger partial charge < -0.3 is 15.4 Å². The third-order valence-electron chi connectivity index (χ3n) is 3.79. The van der Waals surface area contributed by atoms with Crippen LogP contribution in [0.25, 0.3) is 0 Å². The van der Waals surface area contributed by atoms with Crippen LogP contribution < -0.4 is 15.4 Å². The quantitative estimate of drug-likeness (QED) is 0.532. The zero-order chi connectivity index (χ0) is 21.9. The maximum absolute atomic E-state index is 13.5. The Morgan fingerprint density at radius 2 is 1.63 bits per heavy atom. The number of nitrogens with one attached hydrogen (secondary N) is 2. The van der Waals surface area contributed by atoms with Crippen LogP contribution in [0.15, 0.2) is 48.8 Å². The summed E-state index contributed by atoms with van der Waals surface area (Å²) in [5.74, 6) is -0.428. The maximum atomic E-state index is 13.5. The normalized spacial score (nSPS) is 11.1. The predicted molar refractivity (Wildman–Crippen MR) is 102 cm³/mol.